The minimum atomic E-state index is -5.59. The van der Waals surface area contributed by atoms with Gasteiger partial charge in [0.15, 0.2) is 0 Å². The van der Waals surface area contributed by atoms with Crippen molar-refractivity contribution in [2.75, 3.05) is 16.8 Å². The van der Waals surface area contributed by atoms with Crippen molar-refractivity contribution in [3.63, 3.8) is 0 Å². The normalized spacial score (nSPS) is 16.2. The van der Waals surface area contributed by atoms with Crippen LogP contribution in [0.15, 0.2) is 78.0 Å². The topological polar surface area (TPSA) is 108 Å². The third kappa shape index (κ3) is 4.72. The number of anilines is 2. The summed E-state index contributed by atoms with van der Waals surface area (Å²) in [5.74, 6) is -1.05. The molecule has 0 spiro atoms. The van der Waals surface area contributed by atoms with Crippen molar-refractivity contribution < 1.29 is 36.0 Å². The predicted octanol–water partition coefficient (Wildman–Crippen LogP) is 4.01. The number of hydrogen-bond acceptors (Lipinski definition) is 6. The number of alkyl halides is 3. The Morgan fingerprint density at radius 1 is 1.03 bits per heavy atom. The smallest absolute Gasteiger partial charge is 0.311 e. The summed E-state index contributed by atoms with van der Waals surface area (Å²) in [7, 11) is -4.00. The highest BCUT2D eigenvalue weighted by Crippen LogP contribution is 2.33. The summed E-state index contributed by atoms with van der Waals surface area (Å²) >= 11 is 0. The van der Waals surface area contributed by atoms with Crippen molar-refractivity contribution in [3.05, 3.63) is 84.2 Å². The van der Waals surface area contributed by atoms with Gasteiger partial charge in [-0.25, -0.2) is 18.1 Å². The number of halogens is 3. The van der Waals surface area contributed by atoms with Crippen LogP contribution in [-0.2, 0) is 21.2 Å². The van der Waals surface area contributed by atoms with Gasteiger partial charge in [0.05, 0.1) is 16.1 Å². The number of pyridine rings is 1. The van der Waals surface area contributed by atoms with Gasteiger partial charge in [-0.05, 0) is 55.0 Å². The summed E-state index contributed by atoms with van der Waals surface area (Å²) in [6.07, 6.45) is 2.81. The number of para-hydroxylation sites is 1. The minimum Gasteiger partial charge on any atom is -0.311 e. The molecule has 0 saturated carbocycles. The highest BCUT2D eigenvalue weighted by Gasteiger charge is 2.47. The minimum absolute atomic E-state index is 0.0923. The number of benzene rings is 2. The standard InChI is InChI=1S/C25H21F3N4O5S/c1-16-22(33)32(19-8-10-20(11-9-19)38(36,37)25(26,27)28)24(35)31(16)15-17-12-13-29-14-21(17)23(34)30(2)18-6-4-3-5-7-18/h3-14,16H,15H2,1-2H3. The number of aromatic nitrogens is 1. The van der Waals surface area contributed by atoms with Crippen LogP contribution in [0.5, 0.6) is 0 Å². The molecule has 0 bridgehead atoms. The zero-order valence-corrected chi connectivity index (χ0v) is 20.9. The van der Waals surface area contributed by atoms with Crippen LogP contribution in [0.3, 0.4) is 0 Å². The molecular weight excluding hydrogens is 525 g/mol. The van der Waals surface area contributed by atoms with E-state index in [1.165, 1.54) is 29.1 Å². The number of nitrogens with zero attached hydrogens (tertiary/aromatic N) is 4. The maximum absolute atomic E-state index is 13.2. The summed E-state index contributed by atoms with van der Waals surface area (Å²) in [6.45, 7) is 1.34. The number of urea groups is 1. The lowest BCUT2D eigenvalue weighted by Crippen LogP contribution is -2.35. The van der Waals surface area contributed by atoms with Gasteiger partial charge in [-0.3, -0.25) is 14.6 Å². The first-order valence-corrected chi connectivity index (χ1v) is 12.6. The lowest BCUT2D eigenvalue weighted by atomic mass is 10.1. The highest BCUT2D eigenvalue weighted by atomic mass is 32.2. The number of sulfone groups is 1. The average molecular weight is 547 g/mol. The molecule has 1 saturated heterocycles. The molecule has 9 nitrogen and oxygen atoms in total. The van der Waals surface area contributed by atoms with Crippen molar-refractivity contribution in [3.8, 4) is 0 Å². The van der Waals surface area contributed by atoms with Crippen LogP contribution in [0.1, 0.15) is 22.8 Å². The van der Waals surface area contributed by atoms with Crippen molar-refractivity contribution >= 4 is 39.1 Å². The first-order valence-electron chi connectivity index (χ1n) is 11.2. The SMILES string of the molecule is CC1C(=O)N(c2ccc(S(=O)(=O)C(F)(F)F)cc2)C(=O)N1Cc1ccncc1C(=O)N(C)c1ccccc1. The monoisotopic (exact) mass is 546 g/mol. The fourth-order valence-electron chi connectivity index (χ4n) is 3.95. The summed E-state index contributed by atoms with van der Waals surface area (Å²) in [6, 6.07) is 12.0. The van der Waals surface area contributed by atoms with Crippen LogP contribution >= 0.6 is 0 Å². The molecule has 1 atom stereocenters. The number of carbonyl (C=O) groups is 3. The van der Waals surface area contributed by atoms with Gasteiger partial charge >= 0.3 is 11.5 Å². The number of rotatable bonds is 6. The van der Waals surface area contributed by atoms with E-state index < -0.39 is 38.2 Å². The third-order valence-electron chi connectivity index (χ3n) is 6.12. The summed E-state index contributed by atoms with van der Waals surface area (Å²) in [5.41, 5.74) is -4.31. The second kappa shape index (κ2) is 9.89. The molecule has 2 heterocycles. The lowest BCUT2D eigenvalue weighted by molar-refractivity contribution is -0.119. The van der Waals surface area contributed by atoms with Gasteiger partial charge in [-0.15, -0.1) is 0 Å². The van der Waals surface area contributed by atoms with Gasteiger partial charge < -0.3 is 9.80 Å². The molecule has 1 fully saturated rings. The Morgan fingerprint density at radius 2 is 1.66 bits per heavy atom. The molecule has 4 amide bonds. The highest BCUT2D eigenvalue weighted by molar-refractivity contribution is 7.92. The van der Waals surface area contributed by atoms with Crippen molar-refractivity contribution in [2.45, 2.75) is 29.9 Å². The van der Waals surface area contributed by atoms with E-state index in [2.05, 4.69) is 4.98 Å². The molecule has 1 aromatic heterocycles. The fourth-order valence-corrected chi connectivity index (χ4v) is 4.71. The van der Waals surface area contributed by atoms with Crippen LogP contribution in [0.2, 0.25) is 0 Å². The molecule has 2 aromatic carbocycles. The maximum Gasteiger partial charge on any atom is 0.501 e. The molecule has 0 aliphatic carbocycles. The number of imide groups is 1. The van der Waals surface area contributed by atoms with Crippen LogP contribution in [0, 0.1) is 0 Å². The van der Waals surface area contributed by atoms with Crippen molar-refractivity contribution in [1.82, 2.24) is 9.88 Å². The van der Waals surface area contributed by atoms with E-state index in [0.29, 0.717) is 23.4 Å². The van der Waals surface area contributed by atoms with Crippen LogP contribution in [0.25, 0.3) is 0 Å². The van der Waals surface area contributed by atoms with Gasteiger partial charge in [-0.2, -0.15) is 13.2 Å². The predicted molar refractivity (Wildman–Crippen MR) is 131 cm³/mol. The average Bonchev–Trinajstić information content (AvgIpc) is 3.11. The van der Waals surface area contributed by atoms with E-state index in [1.54, 1.807) is 37.4 Å². The maximum atomic E-state index is 13.2. The second-order valence-corrected chi connectivity index (χ2v) is 10.4. The fraction of sp³-hybridized carbons (Fsp3) is 0.200. The summed E-state index contributed by atoms with van der Waals surface area (Å²) < 4.78 is 61.8. The third-order valence-corrected chi connectivity index (χ3v) is 7.62. The largest absolute Gasteiger partial charge is 0.501 e. The molecule has 0 radical (unpaired) electrons. The number of amides is 4. The quantitative estimate of drug-likeness (QED) is 0.433. The van der Waals surface area contributed by atoms with Crippen LogP contribution in [0.4, 0.5) is 29.3 Å². The van der Waals surface area contributed by atoms with E-state index in [-0.39, 0.29) is 23.7 Å². The summed E-state index contributed by atoms with van der Waals surface area (Å²) in [4.78, 5) is 45.8. The van der Waals surface area contributed by atoms with Gasteiger partial charge in [0.2, 0.25) is 0 Å². The molecule has 38 heavy (non-hydrogen) atoms. The zero-order valence-electron chi connectivity index (χ0n) is 20.1. The Kier molecular flexibility index (Phi) is 6.98. The first kappa shape index (κ1) is 26.8. The van der Waals surface area contributed by atoms with E-state index >= 15 is 0 Å². The molecule has 198 valence electrons. The van der Waals surface area contributed by atoms with Crippen LogP contribution < -0.4 is 9.80 Å². The van der Waals surface area contributed by atoms with Crippen LogP contribution in [-0.4, -0.2) is 54.7 Å². The molecule has 3 aromatic rings. The van der Waals surface area contributed by atoms with Gasteiger partial charge in [0.25, 0.3) is 21.7 Å². The van der Waals surface area contributed by atoms with Crippen molar-refractivity contribution in [2.24, 2.45) is 0 Å². The Labute approximate surface area is 216 Å². The molecular formula is C25H21F3N4O5S. The number of hydrogen-bond donors (Lipinski definition) is 0. The number of carbonyl (C=O) groups excluding carboxylic acids is 3. The Hall–Kier alpha value is -4.26. The first-order chi connectivity index (χ1) is 17.8. The molecule has 4 rings (SSSR count). The Morgan fingerprint density at radius 3 is 2.26 bits per heavy atom. The molecule has 1 aliphatic heterocycles. The Balaban J connectivity index is 1.59. The summed E-state index contributed by atoms with van der Waals surface area (Å²) in [5, 5.41) is 0. The van der Waals surface area contributed by atoms with Gasteiger partial charge in [0.1, 0.15) is 6.04 Å². The van der Waals surface area contributed by atoms with E-state index in [4.69, 9.17) is 0 Å². The van der Waals surface area contributed by atoms with Gasteiger partial charge in [0, 0.05) is 31.7 Å². The van der Waals surface area contributed by atoms with E-state index in [1.807, 2.05) is 6.07 Å². The second-order valence-electron chi connectivity index (χ2n) is 8.44. The molecule has 1 unspecified atom stereocenters. The Bertz CT molecular complexity index is 1500. The molecule has 1 aliphatic rings. The van der Waals surface area contributed by atoms with E-state index in [0.717, 1.165) is 17.0 Å². The van der Waals surface area contributed by atoms with Crippen molar-refractivity contribution in [1.29, 1.82) is 0 Å². The molecule has 13 heteroatoms. The van der Waals surface area contributed by atoms with E-state index in [9.17, 15) is 36.0 Å². The molecule has 0 N–H and O–H groups in total. The lowest BCUT2D eigenvalue weighted by Gasteiger charge is -2.23. The van der Waals surface area contributed by atoms with Gasteiger partial charge in [-0.1, -0.05) is 18.2 Å². The zero-order chi connectivity index (χ0) is 27.8.